The van der Waals surface area contributed by atoms with E-state index in [1.165, 1.54) is 29.5 Å². The Morgan fingerprint density at radius 2 is 1.70 bits per heavy atom. The molecule has 0 N–H and O–H groups in total. The van der Waals surface area contributed by atoms with Crippen molar-refractivity contribution >= 4 is 0 Å². The molecule has 3 heteroatoms. The van der Waals surface area contributed by atoms with Gasteiger partial charge in [0.1, 0.15) is 5.75 Å². The van der Waals surface area contributed by atoms with Crippen molar-refractivity contribution < 1.29 is 4.74 Å². The second-order valence-electron chi connectivity index (χ2n) is 10.4. The minimum Gasteiger partial charge on any atom is -0.497 e. The summed E-state index contributed by atoms with van der Waals surface area (Å²) >= 11 is 0. The second-order valence-corrected chi connectivity index (χ2v) is 10.4. The number of piperazine rings is 1. The highest BCUT2D eigenvalue weighted by atomic mass is 16.5. The first-order valence-electron chi connectivity index (χ1n) is 11.5. The molecule has 3 nitrogen and oxygen atoms in total. The van der Waals surface area contributed by atoms with Crippen LogP contribution in [0.3, 0.4) is 0 Å². The predicted octanol–water partition coefficient (Wildman–Crippen LogP) is 6.01. The lowest BCUT2D eigenvalue weighted by Crippen LogP contribution is -2.67. The Kier molecular flexibility index (Phi) is 5.96. The van der Waals surface area contributed by atoms with E-state index < -0.39 is 0 Å². The van der Waals surface area contributed by atoms with Gasteiger partial charge >= 0.3 is 0 Å². The van der Waals surface area contributed by atoms with Crippen molar-refractivity contribution in [3.63, 3.8) is 0 Å². The van der Waals surface area contributed by atoms with Gasteiger partial charge < -0.3 is 4.74 Å². The van der Waals surface area contributed by atoms with Gasteiger partial charge in [0, 0.05) is 30.7 Å². The minimum atomic E-state index is 0.157. The van der Waals surface area contributed by atoms with Crippen molar-refractivity contribution in [3.8, 4) is 5.75 Å². The van der Waals surface area contributed by atoms with Crippen LogP contribution in [0.15, 0.2) is 48.5 Å². The molecular formula is C27H38N2O. The molecule has 3 aliphatic heterocycles. The van der Waals surface area contributed by atoms with E-state index in [1.54, 1.807) is 7.11 Å². The van der Waals surface area contributed by atoms with E-state index in [0.717, 1.165) is 18.8 Å². The Labute approximate surface area is 183 Å². The third-order valence-electron chi connectivity index (χ3n) is 7.02. The van der Waals surface area contributed by atoms with Gasteiger partial charge in [0.2, 0.25) is 0 Å². The number of hydrogen-bond donors (Lipinski definition) is 0. The summed E-state index contributed by atoms with van der Waals surface area (Å²) in [6.07, 6.45) is 2.59. The van der Waals surface area contributed by atoms with E-state index in [9.17, 15) is 0 Å². The van der Waals surface area contributed by atoms with Crippen molar-refractivity contribution in [1.82, 2.24) is 9.80 Å². The molecule has 3 heterocycles. The number of methoxy groups -OCH3 is 1. The van der Waals surface area contributed by atoms with E-state index in [4.69, 9.17) is 4.74 Å². The van der Waals surface area contributed by atoms with Crippen LogP contribution in [0.4, 0.5) is 0 Å². The van der Waals surface area contributed by atoms with Gasteiger partial charge in [-0.15, -0.1) is 0 Å². The molecule has 3 atom stereocenters. The van der Waals surface area contributed by atoms with Crippen LogP contribution in [0.1, 0.15) is 76.1 Å². The lowest BCUT2D eigenvalue weighted by molar-refractivity contribution is -0.113. The highest BCUT2D eigenvalue weighted by Crippen LogP contribution is 2.47. The normalized spacial score (nSPS) is 25.1. The predicted molar refractivity (Wildman–Crippen MR) is 125 cm³/mol. The summed E-state index contributed by atoms with van der Waals surface area (Å²) in [7, 11) is 1.73. The van der Waals surface area contributed by atoms with Gasteiger partial charge in [0.25, 0.3) is 0 Å². The number of nitrogens with zero attached hydrogens (tertiary/aromatic N) is 2. The maximum atomic E-state index is 5.35. The molecule has 5 rings (SSSR count). The average molecular weight is 407 g/mol. The summed E-state index contributed by atoms with van der Waals surface area (Å²) in [6.45, 7) is 14.0. The molecule has 3 fully saturated rings. The Bertz CT molecular complexity index is 852. The fourth-order valence-corrected chi connectivity index (χ4v) is 5.82. The first-order valence-corrected chi connectivity index (χ1v) is 11.5. The lowest BCUT2D eigenvalue weighted by Gasteiger charge is -2.61. The van der Waals surface area contributed by atoms with Crippen LogP contribution >= 0.6 is 0 Å². The van der Waals surface area contributed by atoms with Crippen molar-refractivity contribution in [2.75, 3.05) is 13.7 Å². The third kappa shape index (κ3) is 4.02. The molecule has 0 spiro atoms. The van der Waals surface area contributed by atoms with Crippen molar-refractivity contribution in [1.29, 1.82) is 0 Å². The van der Waals surface area contributed by atoms with Crippen LogP contribution in [0, 0.1) is 0 Å². The molecule has 0 saturated carbocycles. The van der Waals surface area contributed by atoms with Crippen LogP contribution in [0.5, 0.6) is 5.75 Å². The highest BCUT2D eigenvalue weighted by molar-refractivity contribution is 5.35. The molecule has 2 aromatic carbocycles. The van der Waals surface area contributed by atoms with E-state index >= 15 is 0 Å². The van der Waals surface area contributed by atoms with E-state index in [1.807, 2.05) is 0 Å². The fraction of sp³-hybridized carbons (Fsp3) is 0.556. The van der Waals surface area contributed by atoms with Crippen LogP contribution in [0.25, 0.3) is 0 Å². The molecule has 3 aliphatic rings. The van der Waals surface area contributed by atoms with Gasteiger partial charge in [-0.05, 0) is 68.4 Å². The number of rotatable bonds is 5. The Morgan fingerprint density at radius 1 is 1.00 bits per heavy atom. The van der Waals surface area contributed by atoms with E-state index in [0.29, 0.717) is 24.0 Å². The molecule has 30 heavy (non-hydrogen) atoms. The van der Waals surface area contributed by atoms with Gasteiger partial charge in [-0.3, -0.25) is 9.80 Å². The van der Waals surface area contributed by atoms with Crippen molar-refractivity contribution in [3.05, 3.63) is 65.2 Å². The van der Waals surface area contributed by atoms with Crippen LogP contribution in [0.2, 0.25) is 0 Å². The summed E-state index contributed by atoms with van der Waals surface area (Å²) in [6, 6.07) is 19.4. The standard InChI is InChI=1S/C27H38N2O/c1-19(2)23-9-7-8-10-24(23)26-25-16-13-21(29(26)27(3,4)5)18-28(25)17-20-11-14-22(30-6)15-12-20/h7-12,14-15,19,21,25-26H,13,16-18H2,1-6H3. The van der Waals surface area contributed by atoms with Crippen LogP contribution < -0.4 is 4.74 Å². The average Bonchev–Trinajstić information content (AvgIpc) is 2.73. The first kappa shape index (κ1) is 21.4. The summed E-state index contributed by atoms with van der Waals surface area (Å²) in [5.41, 5.74) is 4.58. The van der Waals surface area contributed by atoms with Gasteiger partial charge in [-0.25, -0.2) is 0 Å². The molecule has 162 valence electrons. The van der Waals surface area contributed by atoms with Crippen molar-refractivity contribution in [2.45, 2.75) is 83.6 Å². The summed E-state index contributed by atoms with van der Waals surface area (Å²) in [4.78, 5) is 5.59. The van der Waals surface area contributed by atoms with Gasteiger partial charge in [0.05, 0.1) is 13.2 Å². The largest absolute Gasteiger partial charge is 0.497 e. The lowest BCUT2D eigenvalue weighted by atomic mass is 9.76. The zero-order valence-corrected chi connectivity index (χ0v) is 19.6. The van der Waals surface area contributed by atoms with Gasteiger partial charge in [0.15, 0.2) is 0 Å². The first-order chi connectivity index (χ1) is 14.3. The number of ether oxygens (including phenoxy) is 1. The fourth-order valence-electron chi connectivity index (χ4n) is 5.82. The Morgan fingerprint density at radius 3 is 2.33 bits per heavy atom. The van der Waals surface area contributed by atoms with E-state index in [-0.39, 0.29) is 5.54 Å². The molecule has 0 aromatic heterocycles. The van der Waals surface area contributed by atoms with Crippen molar-refractivity contribution in [2.24, 2.45) is 0 Å². The zero-order valence-electron chi connectivity index (χ0n) is 19.6. The molecule has 2 bridgehead atoms. The van der Waals surface area contributed by atoms with Gasteiger partial charge in [-0.1, -0.05) is 50.2 Å². The molecule has 3 unspecified atom stereocenters. The monoisotopic (exact) mass is 406 g/mol. The number of benzene rings is 2. The molecule has 0 radical (unpaired) electrons. The summed E-state index contributed by atoms with van der Waals surface area (Å²) in [5, 5.41) is 0. The van der Waals surface area contributed by atoms with Crippen LogP contribution in [-0.2, 0) is 6.54 Å². The maximum absolute atomic E-state index is 5.35. The smallest absolute Gasteiger partial charge is 0.118 e. The minimum absolute atomic E-state index is 0.157. The molecule has 3 saturated heterocycles. The molecule has 0 aliphatic carbocycles. The SMILES string of the molecule is COc1ccc(CN2CC3CCC2C(c2ccccc2C(C)C)N3C(C)(C)C)cc1. The third-order valence-corrected chi connectivity index (χ3v) is 7.02. The number of hydrogen-bond acceptors (Lipinski definition) is 3. The topological polar surface area (TPSA) is 15.7 Å². The quantitative estimate of drug-likeness (QED) is 0.605. The molecular weight excluding hydrogens is 368 g/mol. The Hall–Kier alpha value is -1.84. The molecule has 0 amide bonds. The van der Waals surface area contributed by atoms with Gasteiger partial charge in [-0.2, -0.15) is 0 Å². The zero-order chi connectivity index (χ0) is 21.5. The summed E-state index contributed by atoms with van der Waals surface area (Å²) in [5.74, 6) is 1.47. The summed E-state index contributed by atoms with van der Waals surface area (Å²) < 4.78 is 5.35. The van der Waals surface area contributed by atoms with E-state index in [2.05, 4.69) is 92.9 Å². The van der Waals surface area contributed by atoms with Crippen LogP contribution in [-0.4, -0.2) is 41.1 Å². The maximum Gasteiger partial charge on any atom is 0.118 e. The molecule has 2 aromatic rings. The number of fused-ring (bicyclic) bond motifs is 3. The highest BCUT2D eigenvalue weighted by Gasteiger charge is 2.50. The number of piperidine rings is 2. The second kappa shape index (κ2) is 8.36. The Balaban J connectivity index is 1.70.